The lowest BCUT2D eigenvalue weighted by Crippen LogP contribution is -2.49. The molecule has 0 saturated carbocycles. The molecule has 0 radical (unpaired) electrons. The third-order valence-corrected chi connectivity index (χ3v) is 4.49. The number of thiol groups is 1. The van der Waals surface area contributed by atoms with Gasteiger partial charge in [-0.3, -0.25) is 0 Å². The zero-order valence-corrected chi connectivity index (χ0v) is 16.7. The van der Waals surface area contributed by atoms with Gasteiger partial charge in [-0.1, -0.05) is 56.8 Å². The molecule has 0 spiro atoms. The summed E-state index contributed by atoms with van der Waals surface area (Å²) >= 11 is 16.3. The van der Waals surface area contributed by atoms with Crippen LogP contribution in [0.15, 0.2) is 6.07 Å². The van der Waals surface area contributed by atoms with Gasteiger partial charge in [-0.25, -0.2) is 9.10 Å². The maximum Gasteiger partial charge on any atom is 0.332 e. The van der Waals surface area contributed by atoms with Crippen molar-refractivity contribution in [1.29, 1.82) is 0 Å². The number of carbonyl (C=O) groups is 1. The second kappa shape index (κ2) is 6.99. The summed E-state index contributed by atoms with van der Waals surface area (Å²) in [6.45, 7) is 11.9. The fraction of sp³-hybridized carbons (Fsp3) is 0.562. The van der Waals surface area contributed by atoms with E-state index in [1.165, 1.54) is 6.07 Å². The Balaban J connectivity index is 3.02. The average Bonchev–Trinajstić information content (AvgIpc) is 2.36. The summed E-state index contributed by atoms with van der Waals surface area (Å²) < 4.78 is 1.01. The predicted octanol–water partition coefficient (Wildman–Crippen LogP) is 5.58. The number of carbonyl (C=O) groups excluding carboxylic acids is 1. The van der Waals surface area contributed by atoms with Crippen molar-refractivity contribution >= 4 is 47.7 Å². The van der Waals surface area contributed by atoms with E-state index in [9.17, 15) is 9.90 Å². The van der Waals surface area contributed by atoms with Crippen LogP contribution in [-0.2, 0) is 0 Å². The van der Waals surface area contributed by atoms with Gasteiger partial charge in [0.2, 0.25) is 0 Å². The Bertz CT molecular complexity index is 613. The van der Waals surface area contributed by atoms with Crippen molar-refractivity contribution in [2.75, 3.05) is 4.31 Å². The Hall–Kier alpha value is -0.780. The number of urea groups is 1. The van der Waals surface area contributed by atoms with Gasteiger partial charge in [-0.05, 0) is 44.2 Å². The average molecular weight is 379 g/mol. The lowest BCUT2D eigenvalue weighted by atomic mass is 9.82. The molecule has 23 heavy (non-hydrogen) atoms. The van der Waals surface area contributed by atoms with Crippen molar-refractivity contribution in [3.63, 3.8) is 0 Å². The molecular weight excluding hydrogens is 355 g/mol. The molecule has 1 aromatic carbocycles. The van der Waals surface area contributed by atoms with Gasteiger partial charge in [0.05, 0.1) is 5.02 Å². The van der Waals surface area contributed by atoms with Crippen LogP contribution in [0.25, 0.3) is 0 Å². The van der Waals surface area contributed by atoms with Gasteiger partial charge in [-0.15, -0.1) is 0 Å². The summed E-state index contributed by atoms with van der Waals surface area (Å²) in [6, 6.07) is 0.996. The number of nitrogens with zero attached hydrogens (tertiary/aromatic N) is 1. The van der Waals surface area contributed by atoms with Gasteiger partial charge in [0.1, 0.15) is 5.69 Å². The number of benzene rings is 1. The first kappa shape index (κ1) is 20.3. The summed E-state index contributed by atoms with van der Waals surface area (Å²) in [7, 11) is 0. The zero-order chi connectivity index (χ0) is 18.2. The largest absolute Gasteiger partial charge is 0.504 e. The van der Waals surface area contributed by atoms with Crippen molar-refractivity contribution < 1.29 is 9.90 Å². The second-order valence-electron chi connectivity index (χ2n) is 7.53. The molecule has 7 heteroatoms. The summed E-state index contributed by atoms with van der Waals surface area (Å²) in [6.07, 6.45) is 0.773. The van der Waals surface area contributed by atoms with Gasteiger partial charge in [0, 0.05) is 10.6 Å². The van der Waals surface area contributed by atoms with Gasteiger partial charge < -0.3 is 10.4 Å². The van der Waals surface area contributed by atoms with E-state index in [1.54, 1.807) is 6.92 Å². The maximum atomic E-state index is 12.4. The number of hydrogen-bond acceptors (Lipinski definition) is 3. The van der Waals surface area contributed by atoms with Gasteiger partial charge in [-0.2, -0.15) is 0 Å². The minimum Gasteiger partial charge on any atom is -0.504 e. The fourth-order valence-corrected chi connectivity index (χ4v) is 3.32. The third-order valence-electron chi connectivity index (χ3n) is 3.24. The molecule has 0 atom stereocenters. The molecular formula is C16H24Cl2N2O2S. The van der Waals surface area contributed by atoms with E-state index in [1.807, 2.05) is 13.8 Å². The number of amides is 2. The SMILES string of the molecule is Cc1c(Cl)cc(N(S)C(=O)NC(C)(C)CC(C)(C)C)c(O)c1Cl. The first-order valence-electron chi connectivity index (χ1n) is 7.24. The van der Waals surface area contributed by atoms with Crippen LogP contribution in [0.3, 0.4) is 0 Å². The number of nitrogens with one attached hydrogen (secondary N) is 1. The topological polar surface area (TPSA) is 52.6 Å². The predicted molar refractivity (Wildman–Crippen MR) is 101 cm³/mol. The van der Waals surface area contributed by atoms with E-state index >= 15 is 0 Å². The monoisotopic (exact) mass is 378 g/mol. The first-order chi connectivity index (χ1) is 10.2. The molecule has 1 aromatic rings. The Labute approximate surface area is 153 Å². The molecule has 0 saturated heterocycles. The molecule has 2 amide bonds. The van der Waals surface area contributed by atoms with Crippen molar-refractivity contribution in [3.8, 4) is 5.75 Å². The van der Waals surface area contributed by atoms with Crippen molar-refractivity contribution in [1.82, 2.24) is 5.32 Å². The van der Waals surface area contributed by atoms with Crippen molar-refractivity contribution in [3.05, 3.63) is 21.7 Å². The number of phenolic OH excluding ortho intramolecular Hbond substituents is 1. The summed E-state index contributed by atoms with van der Waals surface area (Å²) in [5, 5.41) is 13.5. The second-order valence-corrected chi connectivity index (χ2v) is 8.71. The van der Waals surface area contributed by atoms with E-state index in [4.69, 9.17) is 23.2 Å². The van der Waals surface area contributed by atoms with Crippen molar-refractivity contribution in [2.24, 2.45) is 5.41 Å². The maximum absolute atomic E-state index is 12.4. The van der Waals surface area contributed by atoms with E-state index in [-0.39, 0.29) is 21.9 Å². The van der Waals surface area contributed by atoms with Crippen LogP contribution in [0.5, 0.6) is 5.75 Å². The minimum absolute atomic E-state index is 0.0524. The Morgan fingerprint density at radius 1 is 1.30 bits per heavy atom. The van der Waals surface area contributed by atoms with Crippen LogP contribution >= 0.6 is 36.0 Å². The molecule has 0 aliphatic heterocycles. The van der Waals surface area contributed by atoms with Crippen LogP contribution in [0.4, 0.5) is 10.5 Å². The molecule has 0 heterocycles. The molecule has 4 nitrogen and oxygen atoms in total. The molecule has 2 N–H and O–H groups in total. The Morgan fingerprint density at radius 2 is 1.83 bits per heavy atom. The standard InChI is InChI=1S/C16H24Cl2N2O2S/c1-9-10(17)7-11(13(21)12(9)18)20(23)14(22)19-16(5,6)8-15(2,3)4/h7,21,23H,8H2,1-6H3,(H,19,22). The fourth-order valence-electron chi connectivity index (χ4n) is 2.67. The zero-order valence-electron chi connectivity index (χ0n) is 14.3. The summed E-state index contributed by atoms with van der Waals surface area (Å²) in [5.74, 6) is -0.229. The third kappa shape index (κ3) is 5.37. The molecule has 0 unspecified atom stereocenters. The molecule has 130 valence electrons. The Kier molecular flexibility index (Phi) is 6.16. The number of aromatic hydroxyl groups is 1. The highest BCUT2D eigenvalue weighted by molar-refractivity contribution is 7.82. The minimum atomic E-state index is -0.464. The highest BCUT2D eigenvalue weighted by Gasteiger charge is 2.29. The van der Waals surface area contributed by atoms with Gasteiger partial charge >= 0.3 is 6.03 Å². The van der Waals surface area contributed by atoms with E-state index in [0.717, 1.165) is 10.7 Å². The van der Waals surface area contributed by atoms with E-state index in [2.05, 4.69) is 38.9 Å². The quantitative estimate of drug-likeness (QED) is 0.600. The highest BCUT2D eigenvalue weighted by atomic mass is 35.5. The smallest absolute Gasteiger partial charge is 0.332 e. The van der Waals surface area contributed by atoms with Gasteiger partial charge in [0.25, 0.3) is 0 Å². The first-order valence-corrected chi connectivity index (χ1v) is 8.39. The molecule has 0 bridgehead atoms. The molecule has 0 aliphatic carbocycles. The van der Waals surface area contributed by atoms with Crippen LogP contribution in [0, 0.1) is 12.3 Å². The van der Waals surface area contributed by atoms with Crippen LogP contribution in [0.2, 0.25) is 10.0 Å². The summed E-state index contributed by atoms with van der Waals surface area (Å²) in [4.78, 5) is 12.4. The molecule has 0 fully saturated rings. The molecule has 1 rings (SSSR count). The van der Waals surface area contributed by atoms with Crippen molar-refractivity contribution in [2.45, 2.75) is 53.5 Å². The number of anilines is 1. The number of rotatable bonds is 3. The number of hydrogen-bond donors (Lipinski definition) is 3. The van der Waals surface area contributed by atoms with Gasteiger partial charge in [0.15, 0.2) is 5.75 Å². The van der Waals surface area contributed by atoms with E-state index in [0.29, 0.717) is 10.6 Å². The molecule has 0 aliphatic rings. The summed E-state index contributed by atoms with van der Waals surface area (Å²) in [5.41, 5.74) is 0.295. The normalized spacial score (nSPS) is 12.2. The van der Waals surface area contributed by atoms with E-state index < -0.39 is 11.6 Å². The van der Waals surface area contributed by atoms with Crippen LogP contribution in [0.1, 0.15) is 46.6 Å². The molecule has 0 aromatic heterocycles. The van der Waals surface area contributed by atoms with Crippen LogP contribution in [-0.4, -0.2) is 16.7 Å². The number of halogens is 2. The Morgan fingerprint density at radius 3 is 2.30 bits per heavy atom. The van der Waals surface area contributed by atoms with Crippen LogP contribution < -0.4 is 9.62 Å². The lowest BCUT2D eigenvalue weighted by Gasteiger charge is -2.34. The lowest BCUT2D eigenvalue weighted by molar-refractivity contribution is 0.218. The highest BCUT2D eigenvalue weighted by Crippen LogP contribution is 2.41. The number of phenols is 1.